The first kappa shape index (κ1) is 13.1. The molecular formula is C14H15FN2O3. The molecule has 5 nitrogen and oxygen atoms in total. The minimum atomic E-state index is -0.599. The summed E-state index contributed by atoms with van der Waals surface area (Å²) >= 11 is 0. The summed E-state index contributed by atoms with van der Waals surface area (Å²) in [5.41, 5.74) is -0.347. The minimum Gasteiger partial charge on any atom is -0.508 e. The fourth-order valence-corrected chi connectivity index (χ4v) is 2.66. The smallest absolute Gasteiger partial charge is 0.261 e. The summed E-state index contributed by atoms with van der Waals surface area (Å²) in [6.07, 6.45) is 3.76. The van der Waals surface area contributed by atoms with Crippen LogP contribution in [0.15, 0.2) is 22.7 Å². The van der Waals surface area contributed by atoms with E-state index in [9.17, 15) is 9.50 Å². The molecule has 1 saturated carbocycles. The second-order valence-corrected chi connectivity index (χ2v) is 4.99. The molecule has 0 atom stereocenters. The fourth-order valence-electron chi connectivity index (χ4n) is 2.66. The molecule has 1 aromatic heterocycles. The lowest BCUT2D eigenvalue weighted by Crippen LogP contribution is -2.25. The average Bonchev–Trinajstić information content (AvgIpc) is 3.08. The number of nitrogens with zero attached hydrogens (tertiary/aromatic N) is 2. The Morgan fingerprint density at radius 2 is 2.10 bits per heavy atom. The maximum atomic E-state index is 13.8. The van der Waals surface area contributed by atoms with Crippen molar-refractivity contribution in [2.24, 2.45) is 0 Å². The molecule has 1 aromatic carbocycles. The maximum Gasteiger partial charge on any atom is 0.261 e. The Kier molecular flexibility index (Phi) is 3.17. The second-order valence-electron chi connectivity index (χ2n) is 4.99. The van der Waals surface area contributed by atoms with Crippen molar-refractivity contribution in [1.29, 1.82) is 0 Å². The van der Waals surface area contributed by atoms with E-state index in [1.165, 1.54) is 12.1 Å². The van der Waals surface area contributed by atoms with Crippen molar-refractivity contribution in [2.75, 3.05) is 7.11 Å². The lowest BCUT2D eigenvalue weighted by atomic mass is 10.0. The number of ether oxygens (including phenoxy) is 1. The van der Waals surface area contributed by atoms with Crippen LogP contribution in [-0.4, -0.2) is 22.4 Å². The SMILES string of the molecule is COC1(c2noc(-c3ccc(O)cc3F)n2)CCCC1. The highest BCUT2D eigenvalue weighted by atomic mass is 19.1. The average molecular weight is 278 g/mol. The summed E-state index contributed by atoms with van der Waals surface area (Å²) in [5.74, 6) is -0.186. The van der Waals surface area contributed by atoms with E-state index in [0.717, 1.165) is 31.7 Å². The number of methoxy groups -OCH3 is 1. The van der Waals surface area contributed by atoms with E-state index < -0.39 is 11.4 Å². The molecule has 1 N–H and O–H groups in total. The molecule has 0 amide bonds. The molecule has 0 unspecified atom stereocenters. The number of halogens is 1. The Morgan fingerprint density at radius 3 is 2.75 bits per heavy atom. The van der Waals surface area contributed by atoms with Crippen LogP contribution in [0.25, 0.3) is 11.5 Å². The summed E-state index contributed by atoms with van der Waals surface area (Å²) in [6.45, 7) is 0. The zero-order valence-electron chi connectivity index (χ0n) is 11.1. The Balaban J connectivity index is 1.97. The van der Waals surface area contributed by atoms with Crippen LogP contribution in [-0.2, 0) is 10.3 Å². The third-order valence-corrected chi connectivity index (χ3v) is 3.82. The van der Waals surface area contributed by atoms with Crippen LogP contribution in [0.3, 0.4) is 0 Å². The number of benzene rings is 1. The standard InChI is InChI=1S/C14H15FN2O3/c1-19-14(6-2-3-7-14)13-16-12(20-17-13)10-5-4-9(18)8-11(10)15/h4-5,8,18H,2-3,6-7H2,1H3. The van der Waals surface area contributed by atoms with Crippen LogP contribution in [0.5, 0.6) is 5.75 Å². The van der Waals surface area contributed by atoms with Crippen molar-refractivity contribution in [3.63, 3.8) is 0 Å². The lowest BCUT2D eigenvalue weighted by molar-refractivity contribution is -0.0178. The molecule has 3 rings (SSSR count). The third kappa shape index (κ3) is 2.06. The van der Waals surface area contributed by atoms with Gasteiger partial charge in [0.25, 0.3) is 5.89 Å². The molecule has 0 aliphatic heterocycles. The van der Waals surface area contributed by atoms with Gasteiger partial charge in [0.2, 0.25) is 5.82 Å². The van der Waals surface area contributed by atoms with Gasteiger partial charge >= 0.3 is 0 Å². The van der Waals surface area contributed by atoms with Gasteiger partial charge in [0, 0.05) is 13.2 Å². The quantitative estimate of drug-likeness (QED) is 0.934. The number of hydrogen-bond donors (Lipinski definition) is 1. The largest absolute Gasteiger partial charge is 0.508 e. The van der Waals surface area contributed by atoms with Crippen molar-refractivity contribution < 1.29 is 18.8 Å². The van der Waals surface area contributed by atoms with Gasteiger partial charge in [-0.2, -0.15) is 4.98 Å². The van der Waals surface area contributed by atoms with Gasteiger partial charge in [-0.25, -0.2) is 4.39 Å². The van der Waals surface area contributed by atoms with Gasteiger partial charge in [0.05, 0.1) is 5.56 Å². The van der Waals surface area contributed by atoms with Crippen LogP contribution >= 0.6 is 0 Å². The first-order valence-corrected chi connectivity index (χ1v) is 6.53. The Labute approximate surface area is 115 Å². The number of rotatable bonds is 3. The van der Waals surface area contributed by atoms with Crippen LogP contribution in [0, 0.1) is 5.82 Å². The number of aromatic hydroxyl groups is 1. The zero-order chi connectivity index (χ0) is 14.2. The fraction of sp³-hybridized carbons (Fsp3) is 0.429. The maximum absolute atomic E-state index is 13.8. The van der Waals surface area contributed by atoms with Crippen LogP contribution < -0.4 is 0 Å². The van der Waals surface area contributed by atoms with Gasteiger partial charge in [0.1, 0.15) is 17.2 Å². The highest BCUT2D eigenvalue weighted by molar-refractivity contribution is 5.55. The molecule has 0 bridgehead atoms. The van der Waals surface area contributed by atoms with E-state index in [-0.39, 0.29) is 17.2 Å². The summed E-state index contributed by atoms with van der Waals surface area (Å²) in [5, 5.41) is 13.2. The molecule has 106 valence electrons. The predicted molar refractivity (Wildman–Crippen MR) is 68.5 cm³/mol. The zero-order valence-corrected chi connectivity index (χ0v) is 11.1. The molecule has 2 aromatic rings. The van der Waals surface area contributed by atoms with Crippen molar-refractivity contribution in [3.05, 3.63) is 29.8 Å². The van der Waals surface area contributed by atoms with Crippen molar-refractivity contribution >= 4 is 0 Å². The Hall–Kier alpha value is -1.95. The second kappa shape index (κ2) is 4.86. The Bertz CT molecular complexity index is 621. The highest BCUT2D eigenvalue weighted by Crippen LogP contribution is 2.40. The van der Waals surface area contributed by atoms with E-state index in [4.69, 9.17) is 9.26 Å². The first-order chi connectivity index (χ1) is 9.64. The molecule has 1 heterocycles. The monoisotopic (exact) mass is 278 g/mol. The van der Waals surface area contributed by atoms with Crippen LogP contribution in [0.1, 0.15) is 31.5 Å². The molecule has 20 heavy (non-hydrogen) atoms. The molecule has 1 aliphatic carbocycles. The molecule has 0 radical (unpaired) electrons. The number of phenolic OH excluding ortho intramolecular Hbond substituents is 1. The third-order valence-electron chi connectivity index (χ3n) is 3.82. The molecule has 1 aliphatic rings. The Morgan fingerprint density at radius 1 is 1.35 bits per heavy atom. The normalized spacial score (nSPS) is 17.5. The van der Waals surface area contributed by atoms with E-state index in [1.807, 2.05) is 0 Å². The summed E-state index contributed by atoms with van der Waals surface area (Å²) in [7, 11) is 1.63. The van der Waals surface area contributed by atoms with Crippen molar-refractivity contribution in [2.45, 2.75) is 31.3 Å². The van der Waals surface area contributed by atoms with Gasteiger partial charge in [-0.15, -0.1) is 0 Å². The summed E-state index contributed by atoms with van der Waals surface area (Å²) in [6, 6.07) is 3.81. The molecule has 6 heteroatoms. The summed E-state index contributed by atoms with van der Waals surface area (Å²) in [4.78, 5) is 4.27. The van der Waals surface area contributed by atoms with Crippen LogP contribution in [0.4, 0.5) is 4.39 Å². The number of hydrogen-bond acceptors (Lipinski definition) is 5. The molecular weight excluding hydrogens is 263 g/mol. The molecule has 0 spiro atoms. The lowest BCUT2D eigenvalue weighted by Gasteiger charge is -2.22. The van der Waals surface area contributed by atoms with Gasteiger partial charge in [0.15, 0.2) is 0 Å². The molecule has 1 fully saturated rings. The molecule has 0 saturated heterocycles. The topological polar surface area (TPSA) is 68.4 Å². The van der Waals surface area contributed by atoms with Gasteiger partial charge in [-0.1, -0.05) is 5.16 Å². The van der Waals surface area contributed by atoms with E-state index >= 15 is 0 Å². The number of phenols is 1. The van der Waals surface area contributed by atoms with Crippen molar-refractivity contribution in [1.82, 2.24) is 10.1 Å². The van der Waals surface area contributed by atoms with Gasteiger partial charge in [-0.05, 0) is 37.8 Å². The van der Waals surface area contributed by atoms with Gasteiger partial charge < -0.3 is 14.4 Å². The highest BCUT2D eigenvalue weighted by Gasteiger charge is 2.40. The van der Waals surface area contributed by atoms with E-state index in [2.05, 4.69) is 10.1 Å². The van der Waals surface area contributed by atoms with Gasteiger partial charge in [-0.3, -0.25) is 0 Å². The van der Waals surface area contributed by atoms with Crippen LogP contribution in [0.2, 0.25) is 0 Å². The van der Waals surface area contributed by atoms with Crippen molar-refractivity contribution in [3.8, 4) is 17.2 Å². The first-order valence-electron chi connectivity index (χ1n) is 6.53. The predicted octanol–water partition coefficient (Wildman–Crippen LogP) is 3.00. The number of aromatic nitrogens is 2. The summed E-state index contributed by atoms with van der Waals surface area (Å²) < 4.78 is 24.5. The van der Waals surface area contributed by atoms with E-state index in [0.29, 0.717) is 5.82 Å². The minimum absolute atomic E-state index is 0.0980. The van der Waals surface area contributed by atoms with E-state index in [1.54, 1.807) is 7.11 Å².